The SMILES string of the molecule is Cl[C@@H]1[C@H](Cl)C=CC[C@H]1Cl. The zero-order valence-corrected chi connectivity index (χ0v) is 7.00. The number of rotatable bonds is 0. The van der Waals surface area contributed by atoms with Gasteiger partial charge in [-0.1, -0.05) is 12.2 Å². The Labute approximate surface area is 69.8 Å². The lowest BCUT2D eigenvalue weighted by Crippen LogP contribution is -2.26. The molecule has 0 aromatic rings. The van der Waals surface area contributed by atoms with Crippen LogP contribution in [-0.4, -0.2) is 16.1 Å². The van der Waals surface area contributed by atoms with Crippen LogP contribution in [0.3, 0.4) is 0 Å². The Morgan fingerprint density at radius 3 is 2.33 bits per heavy atom. The van der Waals surface area contributed by atoms with Crippen LogP contribution >= 0.6 is 34.8 Å². The van der Waals surface area contributed by atoms with E-state index in [-0.39, 0.29) is 16.1 Å². The monoisotopic (exact) mass is 184 g/mol. The van der Waals surface area contributed by atoms with Crippen LogP contribution in [0.2, 0.25) is 0 Å². The molecule has 0 aromatic carbocycles. The molecule has 0 N–H and O–H groups in total. The molecule has 0 aromatic heterocycles. The Balaban J connectivity index is 2.58. The van der Waals surface area contributed by atoms with Crippen molar-refractivity contribution in [1.29, 1.82) is 0 Å². The molecule has 0 saturated heterocycles. The molecule has 0 spiro atoms. The predicted molar refractivity (Wildman–Crippen MR) is 42.7 cm³/mol. The largest absolute Gasteiger partial charge is 0.121 e. The topological polar surface area (TPSA) is 0 Å². The Hall–Kier alpha value is 0.610. The summed E-state index contributed by atoms with van der Waals surface area (Å²) < 4.78 is 0. The molecule has 1 rings (SSSR count). The minimum atomic E-state index is -0.113. The molecule has 0 fully saturated rings. The van der Waals surface area contributed by atoms with Crippen molar-refractivity contribution in [2.45, 2.75) is 22.6 Å². The van der Waals surface area contributed by atoms with Gasteiger partial charge in [0.15, 0.2) is 0 Å². The summed E-state index contributed by atoms with van der Waals surface area (Å²) in [6, 6.07) is 0. The van der Waals surface area contributed by atoms with Gasteiger partial charge in [0.05, 0.1) is 16.1 Å². The summed E-state index contributed by atoms with van der Waals surface area (Å²) in [5.41, 5.74) is 0. The van der Waals surface area contributed by atoms with Crippen molar-refractivity contribution >= 4 is 34.8 Å². The summed E-state index contributed by atoms with van der Waals surface area (Å²) in [6.45, 7) is 0. The van der Waals surface area contributed by atoms with Crippen molar-refractivity contribution in [2.75, 3.05) is 0 Å². The van der Waals surface area contributed by atoms with Gasteiger partial charge in [-0.15, -0.1) is 34.8 Å². The van der Waals surface area contributed by atoms with Gasteiger partial charge < -0.3 is 0 Å². The van der Waals surface area contributed by atoms with Gasteiger partial charge >= 0.3 is 0 Å². The average molecular weight is 185 g/mol. The first-order valence-corrected chi connectivity index (χ1v) is 4.11. The highest BCUT2D eigenvalue weighted by Gasteiger charge is 2.24. The lowest BCUT2D eigenvalue weighted by Gasteiger charge is -2.21. The summed E-state index contributed by atoms with van der Waals surface area (Å²) in [5.74, 6) is 0. The highest BCUT2D eigenvalue weighted by Crippen LogP contribution is 2.26. The number of halogens is 3. The maximum absolute atomic E-state index is 5.80. The Bertz CT molecular complexity index is 121. The van der Waals surface area contributed by atoms with Crippen LogP contribution in [0.5, 0.6) is 0 Å². The van der Waals surface area contributed by atoms with E-state index >= 15 is 0 Å². The van der Waals surface area contributed by atoms with Gasteiger partial charge in [-0.3, -0.25) is 0 Å². The van der Waals surface area contributed by atoms with Gasteiger partial charge in [0.25, 0.3) is 0 Å². The third kappa shape index (κ3) is 1.76. The fraction of sp³-hybridized carbons (Fsp3) is 0.667. The molecule has 1 aliphatic rings. The van der Waals surface area contributed by atoms with Crippen LogP contribution in [0, 0.1) is 0 Å². The molecular weight excluding hydrogens is 178 g/mol. The van der Waals surface area contributed by atoms with Crippen LogP contribution in [0.15, 0.2) is 12.2 Å². The van der Waals surface area contributed by atoms with E-state index in [1.807, 2.05) is 12.2 Å². The summed E-state index contributed by atoms with van der Waals surface area (Å²) >= 11 is 17.4. The summed E-state index contributed by atoms with van der Waals surface area (Å²) in [4.78, 5) is 0. The maximum Gasteiger partial charge on any atom is 0.0701 e. The second-order valence-corrected chi connectivity index (χ2v) is 3.64. The molecule has 0 unspecified atom stereocenters. The minimum absolute atomic E-state index is 0.000772. The molecule has 0 bridgehead atoms. The first kappa shape index (κ1) is 7.71. The van der Waals surface area contributed by atoms with E-state index in [9.17, 15) is 0 Å². The van der Waals surface area contributed by atoms with E-state index in [2.05, 4.69) is 0 Å². The molecule has 0 amide bonds. The second-order valence-electron chi connectivity index (χ2n) is 2.07. The zero-order chi connectivity index (χ0) is 6.85. The van der Waals surface area contributed by atoms with E-state index in [4.69, 9.17) is 34.8 Å². The lowest BCUT2D eigenvalue weighted by atomic mass is 10.1. The molecule has 52 valence electrons. The van der Waals surface area contributed by atoms with Crippen molar-refractivity contribution in [3.63, 3.8) is 0 Å². The fourth-order valence-electron chi connectivity index (χ4n) is 0.774. The van der Waals surface area contributed by atoms with Crippen LogP contribution in [0.1, 0.15) is 6.42 Å². The van der Waals surface area contributed by atoms with Gasteiger partial charge in [0.2, 0.25) is 0 Å². The van der Waals surface area contributed by atoms with Crippen molar-refractivity contribution < 1.29 is 0 Å². The van der Waals surface area contributed by atoms with Gasteiger partial charge in [-0.25, -0.2) is 0 Å². The van der Waals surface area contributed by atoms with Gasteiger partial charge in [0.1, 0.15) is 0 Å². The van der Waals surface area contributed by atoms with Crippen LogP contribution in [0.25, 0.3) is 0 Å². The van der Waals surface area contributed by atoms with Gasteiger partial charge in [-0.2, -0.15) is 0 Å². The molecule has 9 heavy (non-hydrogen) atoms. The summed E-state index contributed by atoms with van der Waals surface area (Å²) in [7, 11) is 0. The molecular formula is C6H7Cl3. The Kier molecular flexibility index (Phi) is 2.69. The van der Waals surface area contributed by atoms with E-state index in [1.165, 1.54) is 0 Å². The molecule has 0 aliphatic heterocycles. The Morgan fingerprint density at radius 2 is 1.89 bits per heavy atom. The third-order valence-corrected chi connectivity index (χ3v) is 3.03. The van der Waals surface area contributed by atoms with E-state index in [0.717, 1.165) is 6.42 Å². The molecule has 0 nitrogen and oxygen atoms in total. The number of allylic oxidation sites excluding steroid dienone is 2. The number of alkyl halides is 3. The quantitative estimate of drug-likeness (QED) is 0.402. The first-order valence-electron chi connectivity index (χ1n) is 2.80. The third-order valence-electron chi connectivity index (χ3n) is 1.33. The van der Waals surface area contributed by atoms with Crippen molar-refractivity contribution in [3.8, 4) is 0 Å². The molecule has 3 heteroatoms. The predicted octanol–water partition coefficient (Wildman–Crippen LogP) is 2.77. The smallest absolute Gasteiger partial charge is 0.0701 e. The normalized spacial score (nSPS) is 43.2. The van der Waals surface area contributed by atoms with E-state index < -0.39 is 0 Å². The highest BCUT2D eigenvalue weighted by molar-refractivity contribution is 6.35. The minimum Gasteiger partial charge on any atom is -0.121 e. The van der Waals surface area contributed by atoms with Gasteiger partial charge in [-0.05, 0) is 6.42 Å². The number of hydrogen-bond donors (Lipinski definition) is 0. The maximum atomic E-state index is 5.80. The fourth-order valence-corrected chi connectivity index (χ4v) is 1.57. The molecule has 3 atom stereocenters. The average Bonchev–Trinajstić information content (AvgIpc) is 1.83. The highest BCUT2D eigenvalue weighted by atomic mass is 35.5. The first-order chi connectivity index (χ1) is 4.22. The molecule has 0 radical (unpaired) electrons. The Morgan fingerprint density at radius 1 is 1.22 bits per heavy atom. The second kappa shape index (κ2) is 3.14. The van der Waals surface area contributed by atoms with Crippen molar-refractivity contribution in [2.24, 2.45) is 0 Å². The molecule has 0 heterocycles. The van der Waals surface area contributed by atoms with Crippen LogP contribution < -0.4 is 0 Å². The van der Waals surface area contributed by atoms with E-state index in [1.54, 1.807) is 0 Å². The van der Waals surface area contributed by atoms with Crippen molar-refractivity contribution in [3.05, 3.63) is 12.2 Å². The number of hydrogen-bond acceptors (Lipinski definition) is 0. The lowest BCUT2D eigenvalue weighted by molar-refractivity contribution is 0.754. The van der Waals surface area contributed by atoms with Crippen LogP contribution in [0.4, 0.5) is 0 Å². The zero-order valence-electron chi connectivity index (χ0n) is 4.73. The standard InChI is InChI=1S/C6H7Cl3/c7-4-2-1-3-5(8)6(4)9/h1-2,4-6H,3H2/t4-,5-,6-/m1/s1. The molecule has 1 aliphatic carbocycles. The molecule has 0 saturated carbocycles. The van der Waals surface area contributed by atoms with E-state index in [0.29, 0.717) is 0 Å². The summed E-state index contributed by atoms with van der Waals surface area (Å²) in [5, 5.41) is -0.208. The van der Waals surface area contributed by atoms with Crippen molar-refractivity contribution in [1.82, 2.24) is 0 Å². The van der Waals surface area contributed by atoms with Crippen LogP contribution in [-0.2, 0) is 0 Å². The van der Waals surface area contributed by atoms with Gasteiger partial charge in [0, 0.05) is 0 Å². The summed E-state index contributed by atoms with van der Waals surface area (Å²) in [6.07, 6.45) is 4.69.